The summed E-state index contributed by atoms with van der Waals surface area (Å²) < 4.78 is 34.2. The van der Waals surface area contributed by atoms with Gasteiger partial charge in [-0.05, 0) is 113 Å². The highest BCUT2D eigenvalue weighted by atomic mass is 31.2. The summed E-state index contributed by atoms with van der Waals surface area (Å²) in [6.07, 6.45) is 37.2. The van der Waals surface area contributed by atoms with Crippen molar-refractivity contribution in [2.45, 2.75) is 214 Å². The molecule has 9 aliphatic rings. The van der Waals surface area contributed by atoms with E-state index < -0.39 is 14.3 Å². The molecule has 9 saturated carbocycles. The van der Waals surface area contributed by atoms with Crippen LogP contribution in [0.25, 0.3) is 0 Å². The molecule has 2 nitrogen and oxygen atoms in total. The largest absolute Gasteiger partial charge is 0.323 e. The summed E-state index contributed by atoms with van der Waals surface area (Å²) in [6.45, 7) is 0. The SMILES string of the molecule is O=P(C1CCCCC1)(C1CCCCC1)[C@H]1C2C3CCCCC3C(C3CCCCC32)[C@@H]1P(=O)(C1CCCCC1)C1CCCCC1. The van der Waals surface area contributed by atoms with Crippen LogP contribution in [0.1, 0.15) is 180 Å². The van der Waals surface area contributed by atoms with Gasteiger partial charge in [0.25, 0.3) is 0 Å². The van der Waals surface area contributed by atoms with Crippen molar-refractivity contribution >= 4 is 14.3 Å². The van der Waals surface area contributed by atoms with Gasteiger partial charge >= 0.3 is 0 Å². The average Bonchev–Trinajstić information content (AvgIpc) is 3.12. The number of hydrogen-bond donors (Lipinski definition) is 0. The van der Waals surface area contributed by atoms with E-state index in [1.54, 1.807) is 0 Å². The molecule has 0 radical (unpaired) electrons. The number of rotatable bonds is 6. The van der Waals surface area contributed by atoms with E-state index in [1.165, 1.54) is 180 Å². The molecule has 0 saturated heterocycles. The van der Waals surface area contributed by atoms with Crippen LogP contribution in [0, 0.1) is 35.5 Å². The Morgan fingerprint density at radius 3 is 0.705 bits per heavy atom. The first-order valence-electron chi connectivity index (χ1n) is 20.8. The maximum Gasteiger partial charge on any atom is 0.0975 e. The second-order valence-corrected chi connectivity index (χ2v) is 25.2. The van der Waals surface area contributed by atoms with Gasteiger partial charge in [0.15, 0.2) is 0 Å². The molecule has 9 rings (SSSR count). The standard InChI is InChI=1S/C40H68O2P2/c41-43(29-17-5-1-6-18-29,30-19-7-2-8-20-30)39-37-33-25-13-15-27-35(33)38(36-28-16-14-26-34(36)37)40(39)44(42,31-21-9-3-10-22-31)32-23-11-4-12-24-32/h29-40H,1-28H2/t33?,34?,35?,36?,37?,38?,39-,40-/m0/s1. The van der Waals surface area contributed by atoms with Crippen LogP contribution in [0.3, 0.4) is 0 Å². The molecule has 0 heterocycles. The third-order valence-corrected chi connectivity index (χ3v) is 26.4. The second kappa shape index (κ2) is 13.4. The molecule has 0 aromatic heterocycles. The summed E-state index contributed by atoms with van der Waals surface area (Å²) in [5.41, 5.74) is 2.60. The van der Waals surface area contributed by atoms with Crippen LogP contribution < -0.4 is 0 Å². The Morgan fingerprint density at radius 1 is 0.273 bits per heavy atom. The molecule has 250 valence electrons. The fourth-order valence-electron chi connectivity index (χ4n) is 14.9. The van der Waals surface area contributed by atoms with Crippen LogP contribution in [0.5, 0.6) is 0 Å². The minimum absolute atomic E-state index is 0.354. The minimum atomic E-state index is -2.54. The third kappa shape index (κ3) is 5.20. The highest BCUT2D eigenvalue weighted by Crippen LogP contribution is 2.83. The quantitative estimate of drug-likeness (QED) is 0.270. The zero-order chi connectivity index (χ0) is 29.7. The molecule has 4 unspecified atom stereocenters. The highest BCUT2D eigenvalue weighted by Gasteiger charge is 2.71. The van der Waals surface area contributed by atoms with E-state index in [0.717, 1.165) is 23.7 Å². The first kappa shape index (κ1) is 31.7. The predicted molar refractivity (Wildman–Crippen MR) is 188 cm³/mol. The summed E-state index contributed by atoms with van der Waals surface area (Å²) in [6, 6.07) is 0. The smallest absolute Gasteiger partial charge is 0.0975 e. The lowest BCUT2D eigenvalue weighted by molar-refractivity contribution is -0.104. The van der Waals surface area contributed by atoms with E-state index in [4.69, 9.17) is 0 Å². The molecular formula is C40H68O2P2. The van der Waals surface area contributed by atoms with E-state index >= 15 is 9.13 Å². The van der Waals surface area contributed by atoms with Gasteiger partial charge in [0.2, 0.25) is 0 Å². The van der Waals surface area contributed by atoms with Crippen LogP contribution >= 0.6 is 14.3 Å². The van der Waals surface area contributed by atoms with Crippen LogP contribution in [0.2, 0.25) is 0 Å². The molecule has 9 fully saturated rings. The van der Waals surface area contributed by atoms with E-state index in [0.29, 0.717) is 45.8 Å². The fraction of sp³-hybridized carbons (Fsp3) is 1.00. The molecule has 2 bridgehead atoms. The Bertz CT molecular complexity index is 909. The molecule has 0 amide bonds. The van der Waals surface area contributed by atoms with Gasteiger partial charge in [-0.1, -0.05) is 103 Å². The second-order valence-electron chi connectivity index (χ2n) is 18.1. The lowest BCUT2D eigenvalue weighted by atomic mass is 9.45. The first-order valence-corrected chi connectivity index (χ1v) is 24.6. The van der Waals surface area contributed by atoms with Gasteiger partial charge in [0.1, 0.15) is 0 Å². The van der Waals surface area contributed by atoms with Crippen LogP contribution in [-0.2, 0) is 9.13 Å². The molecule has 0 spiro atoms. The highest BCUT2D eigenvalue weighted by molar-refractivity contribution is 7.70. The molecule has 0 aromatic rings. The van der Waals surface area contributed by atoms with Gasteiger partial charge in [0.05, 0.1) is 14.3 Å². The molecule has 0 aromatic carbocycles. The van der Waals surface area contributed by atoms with E-state index in [2.05, 4.69) is 0 Å². The van der Waals surface area contributed by atoms with Gasteiger partial charge < -0.3 is 9.13 Å². The Kier molecular flexibility index (Phi) is 9.66. The average molecular weight is 643 g/mol. The third-order valence-electron chi connectivity index (χ3n) is 16.4. The Balaban J connectivity index is 1.34. The summed E-state index contributed by atoms with van der Waals surface area (Å²) in [5, 5.41) is 0. The predicted octanol–water partition coefficient (Wildman–Crippen LogP) is 12.7. The first-order chi connectivity index (χ1) is 21.6. The normalized spacial score (nSPS) is 42.1. The Labute approximate surface area is 272 Å². The zero-order valence-corrected chi connectivity index (χ0v) is 30.2. The van der Waals surface area contributed by atoms with Crippen LogP contribution in [0.15, 0.2) is 0 Å². The Morgan fingerprint density at radius 2 is 0.477 bits per heavy atom. The molecule has 44 heavy (non-hydrogen) atoms. The molecule has 9 aliphatic carbocycles. The van der Waals surface area contributed by atoms with Crippen molar-refractivity contribution in [1.82, 2.24) is 0 Å². The number of hydrogen-bond acceptors (Lipinski definition) is 2. The molecule has 0 N–H and O–H groups in total. The molecular weight excluding hydrogens is 574 g/mol. The zero-order valence-electron chi connectivity index (χ0n) is 28.4. The van der Waals surface area contributed by atoms with Crippen molar-refractivity contribution in [3.05, 3.63) is 0 Å². The fourth-order valence-corrected chi connectivity index (χ4v) is 27.3. The van der Waals surface area contributed by atoms with Gasteiger partial charge in [0, 0.05) is 34.0 Å². The minimum Gasteiger partial charge on any atom is -0.323 e. The van der Waals surface area contributed by atoms with Crippen molar-refractivity contribution in [2.75, 3.05) is 0 Å². The maximum absolute atomic E-state index is 17.1. The van der Waals surface area contributed by atoms with E-state index in [-0.39, 0.29) is 0 Å². The monoisotopic (exact) mass is 642 g/mol. The van der Waals surface area contributed by atoms with Crippen molar-refractivity contribution in [3.63, 3.8) is 0 Å². The lowest BCUT2D eigenvalue weighted by Crippen LogP contribution is -2.66. The van der Waals surface area contributed by atoms with E-state index in [1.807, 2.05) is 0 Å². The Hall–Kier alpha value is 0.460. The van der Waals surface area contributed by atoms with Gasteiger partial charge in [-0.15, -0.1) is 0 Å². The maximum atomic E-state index is 17.1. The van der Waals surface area contributed by atoms with Gasteiger partial charge in [-0.2, -0.15) is 0 Å². The topological polar surface area (TPSA) is 34.1 Å². The van der Waals surface area contributed by atoms with Crippen molar-refractivity contribution in [1.29, 1.82) is 0 Å². The summed E-state index contributed by atoms with van der Waals surface area (Å²) in [5.74, 6) is 4.61. The van der Waals surface area contributed by atoms with Gasteiger partial charge in [-0.25, -0.2) is 0 Å². The van der Waals surface area contributed by atoms with Crippen molar-refractivity contribution < 1.29 is 9.13 Å². The van der Waals surface area contributed by atoms with Crippen LogP contribution in [0.4, 0.5) is 0 Å². The van der Waals surface area contributed by atoms with Crippen molar-refractivity contribution in [2.24, 2.45) is 35.5 Å². The van der Waals surface area contributed by atoms with Crippen molar-refractivity contribution in [3.8, 4) is 0 Å². The molecule has 4 heteroatoms. The number of fused-ring (bicyclic) bond motifs is 1. The molecule has 6 atom stereocenters. The summed E-state index contributed by atoms with van der Waals surface area (Å²) >= 11 is 0. The van der Waals surface area contributed by atoms with Crippen LogP contribution in [-0.4, -0.2) is 34.0 Å². The molecule has 0 aliphatic heterocycles. The van der Waals surface area contributed by atoms with Gasteiger partial charge in [-0.3, -0.25) is 0 Å². The summed E-state index contributed by atoms with van der Waals surface area (Å²) in [7, 11) is -5.08. The summed E-state index contributed by atoms with van der Waals surface area (Å²) in [4.78, 5) is 0. The van der Waals surface area contributed by atoms with E-state index in [9.17, 15) is 0 Å². The lowest BCUT2D eigenvalue weighted by Gasteiger charge is -2.70.